The van der Waals surface area contributed by atoms with Gasteiger partial charge in [0, 0.05) is 12.6 Å². The van der Waals surface area contributed by atoms with E-state index >= 15 is 0 Å². The summed E-state index contributed by atoms with van der Waals surface area (Å²) in [6.45, 7) is 8.11. The van der Waals surface area contributed by atoms with Gasteiger partial charge in [0.1, 0.15) is 0 Å². The smallest absolute Gasteiger partial charge is 0.236 e. The SMILES string of the molecule is CCN(CCCN)CC(=O)N(CC)C1CC1. The molecule has 0 aromatic carbocycles. The number of amides is 1. The molecule has 0 aliphatic heterocycles. The van der Waals surface area contributed by atoms with E-state index in [1.54, 1.807) is 0 Å². The van der Waals surface area contributed by atoms with Gasteiger partial charge in [0.25, 0.3) is 0 Å². The number of nitrogens with zero attached hydrogens (tertiary/aromatic N) is 2. The molecule has 0 unspecified atom stereocenters. The van der Waals surface area contributed by atoms with Crippen LogP contribution in [0, 0.1) is 0 Å². The Morgan fingerprint density at radius 2 is 2.00 bits per heavy atom. The van der Waals surface area contributed by atoms with Gasteiger partial charge in [-0.05, 0) is 45.8 Å². The van der Waals surface area contributed by atoms with Crippen molar-refractivity contribution in [3.05, 3.63) is 0 Å². The third-order valence-corrected chi connectivity index (χ3v) is 3.13. The molecule has 1 saturated carbocycles. The molecule has 0 spiro atoms. The van der Waals surface area contributed by atoms with Gasteiger partial charge < -0.3 is 10.6 Å². The van der Waals surface area contributed by atoms with Crippen LogP contribution in [-0.4, -0.2) is 54.5 Å². The third-order valence-electron chi connectivity index (χ3n) is 3.13. The highest BCUT2D eigenvalue weighted by Gasteiger charge is 2.31. The standard InChI is InChI=1S/C12H25N3O/c1-3-14(9-5-8-13)10-12(16)15(4-2)11-6-7-11/h11H,3-10,13H2,1-2H3. The molecule has 1 rings (SSSR count). The highest BCUT2D eigenvalue weighted by molar-refractivity contribution is 5.78. The predicted octanol–water partition coefficient (Wildman–Crippen LogP) is 0.668. The van der Waals surface area contributed by atoms with Crippen LogP contribution >= 0.6 is 0 Å². The monoisotopic (exact) mass is 227 g/mol. The highest BCUT2D eigenvalue weighted by atomic mass is 16.2. The van der Waals surface area contributed by atoms with E-state index in [2.05, 4.69) is 18.7 Å². The second-order valence-electron chi connectivity index (χ2n) is 4.42. The molecule has 1 fully saturated rings. The number of nitrogens with two attached hydrogens (primary N) is 1. The second kappa shape index (κ2) is 6.86. The Balaban J connectivity index is 2.34. The minimum absolute atomic E-state index is 0.281. The normalized spacial score (nSPS) is 15.5. The molecular formula is C12H25N3O. The van der Waals surface area contributed by atoms with Gasteiger partial charge >= 0.3 is 0 Å². The number of rotatable bonds is 8. The predicted molar refractivity (Wildman–Crippen MR) is 66.2 cm³/mol. The summed E-state index contributed by atoms with van der Waals surface area (Å²) in [4.78, 5) is 16.2. The largest absolute Gasteiger partial charge is 0.339 e. The number of carbonyl (C=O) groups excluding carboxylic acids is 1. The summed E-state index contributed by atoms with van der Waals surface area (Å²) < 4.78 is 0. The molecule has 1 aliphatic rings. The van der Waals surface area contributed by atoms with Crippen LogP contribution in [0.4, 0.5) is 0 Å². The first-order chi connectivity index (χ1) is 7.72. The molecule has 2 N–H and O–H groups in total. The van der Waals surface area contributed by atoms with Crippen molar-refractivity contribution in [3.8, 4) is 0 Å². The Bertz CT molecular complexity index is 216. The summed E-state index contributed by atoms with van der Waals surface area (Å²) >= 11 is 0. The number of likely N-dealkylation sites (N-methyl/N-ethyl adjacent to an activating group) is 2. The molecule has 0 heterocycles. The Hall–Kier alpha value is -0.610. The molecule has 94 valence electrons. The van der Waals surface area contributed by atoms with Gasteiger partial charge in [-0.2, -0.15) is 0 Å². The minimum Gasteiger partial charge on any atom is -0.339 e. The van der Waals surface area contributed by atoms with Crippen molar-refractivity contribution >= 4 is 5.91 Å². The molecule has 0 radical (unpaired) electrons. The van der Waals surface area contributed by atoms with Gasteiger partial charge in [0.2, 0.25) is 5.91 Å². The lowest BCUT2D eigenvalue weighted by Gasteiger charge is -2.25. The molecule has 0 saturated heterocycles. The van der Waals surface area contributed by atoms with Crippen LogP contribution in [-0.2, 0) is 4.79 Å². The first-order valence-electron chi connectivity index (χ1n) is 6.44. The Kier molecular flexibility index (Phi) is 5.77. The summed E-state index contributed by atoms with van der Waals surface area (Å²) in [6.07, 6.45) is 3.35. The van der Waals surface area contributed by atoms with E-state index in [1.165, 1.54) is 12.8 Å². The zero-order chi connectivity index (χ0) is 12.0. The highest BCUT2D eigenvalue weighted by Crippen LogP contribution is 2.26. The van der Waals surface area contributed by atoms with Gasteiger partial charge in [0.15, 0.2) is 0 Å². The molecule has 1 amide bonds. The van der Waals surface area contributed by atoms with Crippen LogP contribution in [0.1, 0.15) is 33.1 Å². The number of hydrogen-bond donors (Lipinski definition) is 1. The summed E-state index contributed by atoms with van der Waals surface area (Å²) in [6, 6.07) is 0.533. The molecule has 0 bridgehead atoms. The van der Waals surface area contributed by atoms with Crippen LogP contribution in [0.5, 0.6) is 0 Å². The molecule has 4 nitrogen and oxygen atoms in total. The molecule has 16 heavy (non-hydrogen) atoms. The third kappa shape index (κ3) is 4.10. The van der Waals surface area contributed by atoms with E-state index in [4.69, 9.17) is 5.73 Å². The van der Waals surface area contributed by atoms with Gasteiger partial charge in [-0.25, -0.2) is 0 Å². The van der Waals surface area contributed by atoms with E-state index in [0.717, 1.165) is 26.1 Å². The van der Waals surface area contributed by atoms with E-state index in [-0.39, 0.29) is 5.91 Å². The fourth-order valence-corrected chi connectivity index (χ4v) is 1.97. The molecule has 0 aromatic heterocycles. The maximum absolute atomic E-state index is 12.0. The first kappa shape index (κ1) is 13.5. The van der Waals surface area contributed by atoms with Crippen molar-refractivity contribution < 1.29 is 4.79 Å². The summed E-state index contributed by atoms with van der Waals surface area (Å²) in [5.74, 6) is 0.281. The zero-order valence-corrected chi connectivity index (χ0v) is 10.6. The van der Waals surface area contributed by atoms with Crippen LogP contribution < -0.4 is 5.73 Å². The zero-order valence-electron chi connectivity index (χ0n) is 10.6. The number of hydrogen-bond acceptors (Lipinski definition) is 3. The second-order valence-corrected chi connectivity index (χ2v) is 4.42. The lowest BCUT2D eigenvalue weighted by atomic mass is 10.3. The Labute approximate surface area is 98.8 Å². The summed E-state index contributed by atoms with van der Waals surface area (Å²) in [7, 11) is 0. The Morgan fingerprint density at radius 1 is 1.31 bits per heavy atom. The average molecular weight is 227 g/mol. The molecule has 0 aromatic rings. The van der Waals surface area contributed by atoms with E-state index in [0.29, 0.717) is 19.1 Å². The molecular weight excluding hydrogens is 202 g/mol. The lowest BCUT2D eigenvalue weighted by molar-refractivity contribution is -0.132. The summed E-state index contributed by atoms with van der Waals surface area (Å²) in [5.41, 5.74) is 5.48. The van der Waals surface area contributed by atoms with Gasteiger partial charge in [0.05, 0.1) is 6.54 Å². The molecule has 4 heteroatoms. The van der Waals surface area contributed by atoms with Crippen LogP contribution in [0.15, 0.2) is 0 Å². The summed E-state index contributed by atoms with van der Waals surface area (Å²) in [5, 5.41) is 0. The first-order valence-corrected chi connectivity index (χ1v) is 6.44. The van der Waals surface area contributed by atoms with Crippen molar-refractivity contribution in [2.45, 2.75) is 39.2 Å². The van der Waals surface area contributed by atoms with Crippen molar-refractivity contribution in [1.29, 1.82) is 0 Å². The van der Waals surface area contributed by atoms with Crippen molar-refractivity contribution in [2.24, 2.45) is 5.73 Å². The molecule has 0 atom stereocenters. The van der Waals surface area contributed by atoms with Crippen LogP contribution in [0.3, 0.4) is 0 Å². The fourth-order valence-electron chi connectivity index (χ4n) is 1.97. The Morgan fingerprint density at radius 3 is 2.44 bits per heavy atom. The average Bonchev–Trinajstić information content (AvgIpc) is 3.09. The van der Waals surface area contributed by atoms with Crippen molar-refractivity contribution in [3.63, 3.8) is 0 Å². The van der Waals surface area contributed by atoms with Gasteiger partial charge in [-0.15, -0.1) is 0 Å². The maximum atomic E-state index is 12.0. The van der Waals surface area contributed by atoms with Crippen molar-refractivity contribution in [2.75, 3.05) is 32.7 Å². The molecule has 1 aliphatic carbocycles. The van der Waals surface area contributed by atoms with E-state index in [9.17, 15) is 4.79 Å². The van der Waals surface area contributed by atoms with Crippen LogP contribution in [0.25, 0.3) is 0 Å². The van der Waals surface area contributed by atoms with Crippen LogP contribution in [0.2, 0.25) is 0 Å². The van der Waals surface area contributed by atoms with Crippen molar-refractivity contribution in [1.82, 2.24) is 9.80 Å². The minimum atomic E-state index is 0.281. The van der Waals surface area contributed by atoms with Gasteiger partial charge in [-0.3, -0.25) is 9.69 Å². The quantitative estimate of drug-likeness (QED) is 0.663. The fraction of sp³-hybridized carbons (Fsp3) is 0.917. The van der Waals surface area contributed by atoms with Gasteiger partial charge in [-0.1, -0.05) is 6.92 Å². The topological polar surface area (TPSA) is 49.6 Å². The van der Waals surface area contributed by atoms with E-state index < -0.39 is 0 Å². The maximum Gasteiger partial charge on any atom is 0.236 e. The van der Waals surface area contributed by atoms with E-state index in [1.807, 2.05) is 4.90 Å². The lowest BCUT2D eigenvalue weighted by Crippen LogP contribution is -2.42. The number of carbonyl (C=O) groups is 1.